The van der Waals surface area contributed by atoms with Crippen LogP contribution in [0.15, 0.2) is 18.2 Å². The molecule has 0 aliphatic heterocycles. The molecule has 0 radical (unpaired) electrons. The molecule has 6 nitrogen and oxygen atoms in total. The van der Waals surface area contributed by atoms with Crippen LogP contribution in [0.2, 0.25) is 5.02 Å². The molecule has 2 aromatic rings. The standard InChI is InChI=1S/C13H14ClN3O3S/c1-7(11(18)19)6-17(2)13(20)16-12-15-9-4-3-8(14)5-10(9)21-12/h3-5,7H,6H2,1-2H3,(H,18,19)(H,15,16,20). The molecule has 21 heavy (non-hydrogen) atoms. The summed E-state index contributed by atoms with van der Waals surface area (Å²) in [6, 6.07) is 4.89. The van der Waals surface area contributed by atoms with E-state index in [1.165, 1.54) is 16.2 Å². The molecule has 2 amide bonds. The van der Waals surface area contributed by atoms with E-state index in [0.29, 0.717) is 10.2 Å². The van der Waals surface area contributed by atoms with Crippen LogP contribution in [0, 0.1) is 5.92 Å². The highest BCUT2D eigenvalue weighted by Crippen LogP contribution is 2.28. The van der Waals surface area contributed by atoms with Crippen LogP contribution in [0.1, 0.15) is 6.92 Å². The lowest BCUT2D eigenvalue weighted by molar-refractivity contribution is -0.141. The molecule has 1 aromatic heterocycles. The molecule has 1 aromatic carbocycles. The van der Waals surface area contributed by atoms with Gasteiger partial charge in [-0.1, -0.05) is 29.9 Å². The quantitative estimate of drug-likeness (QED) is 0.903. The topological polar surface area (TPSA) is 82.5 Å². The van der Waals surface area contributed by atoms with Gasteiger partial charge in [-0.25, -0.2) is 9.78 Å². The molecule has 0 aliphatic rings. The van der Waals surface area contributed by atoms with E-state index in [1.807, 2.05) is 0 Å². The van der Waals surface area contributed by atoms with Gasteiger partial charge in [0.25, 0.3) is 0 Å². The highest BCUT2D eigenvalue weighted by molar-refractivity contribution is 7.22. The summed E-state index contributed by atoms with van der Waals surface area (Å²) in [4.78, 5) is 28.4. The second-order valence-corrected chi connectivity index (χ2v) is 6.15. The van der Waals surface area contributed by atoms with Crippen molar-refractivity contribution in [3.05, 3.63) is 23.2 Å². The fourth-order valence-corrected chi connectivity index (χ4v) is 2.84. The summed E-state index contributed by atoms with van der Waals surface area (Å²) in [5.74, 6) is -1.57. The van der Waals surface area contributed by atoms with Crippen LogP contribution in [-0.4, -0.2) is 40.6 Å². The van der Waals surface area contributed by atoms with Gasteiger partial charge in [-0.15, -0.1) is 0 Å². The minimum absolute atomic E-state index is 0.123. The number of amides is 2. The number of anilines is 1. The molecule has 0 saturated heterocycles. The van der Waals surface area contributed by atoms with Gasteiger partial charge in [-0.2, -0.15) is 0 Å². The Morgan fingerprint density at radius 2 is 2.24 bits per heavy atom. The third kappa shape index (κ3) is 3.83. The van der Waals surface area contributed by atoms with Crippen molar-refractivity contribution in [1.29, 1.82) is 0 Å². The Kier molecular flexibility index (Phi) is 4.64. The minimum Gasteiger partial charge on any atom is -0.481 e. The fraction of sp³-hybridized carbons (Fsp3) is 0.308. The highest BCUT2D eigenvalue weighted by atomic mass is 35.5. The number of urea groups is 1. The molecule has 112 valence electrons. The van der Waals surface area contributed by atoms with Crippen molar-refractivity contribution < 1.29 is 14.7 Å². The van der Waals surface area contributed by atoms with E-state index in [9.17, 15) is 9.59 Å². The zero-order valence-electron chi connectivity index (χ0n) is 11.5. The Morgan fingerprint density at radius 3 is 2.90 bits per heavy atom. The molecule has 1 unspecified atom stereocenters. The predicted molar refractivity (Wildman–Crippen MR) is 83.1 cm³/mol. The summed E-state index contributed by atoms with van der Waals surface area (Å²) in [5, 5.41) is 12.6. The molecule has 2 rings (SSSR count). The number of thiazole rings is 1. The molecule has 0 spiro atoms. The summed E-state index contributed by atoms with van der Waals surface area (Å²) >= 11 is 7.21. The third-order valence-corrected chi connectivity index (χ3v) is 4.05. The van der Waals surface area contributed by atoms with Crippen LogP contribution in [0.25, 0.3) is 10.2 Å². The van der Waals surface area contributed by atoms with Gasteiger partial charge in [0, 0.05) is 18.6 Å². The van der Waals surface area contributed by atoms with E-state index < -0.39 is 17.9 Å². The van der Waals surface area contributed by atoms with Crippen molar-refractivity contribution in [2.24, 2.45) is 5.92 Å². The van der Waals surface area contributed by atoms with Gasteiger partial charge < -0.3 is 10.0 Å². The number of carboxylic acid groups (broad SMARTS) is 1. The van der Waals surface area contributed by atoms with Gasteiger partial charge in [-0.3, -0.25) is 10.1 Å². The highest BCUT2D eigenvalue weighted by Gasteiger charge is 2.18. The number of halogens is 1. The van der Waals surface area contributed by atoms with E-state index in [1.54, 1.807) is 32.2 Å². The predicted octanol–water partition coefficient (Wildman–Crippen LogP) is 3.13. The van der Waals surface area contributed by atoms with Gasteiger partial charge in [0.15, 0.2) is 5.13 Å². The van der Waals surface area contributed by atoms with Crippen molar-refractivity contribution in [2.45, 2.75) is 6.92 Å². The number of hydrogen-bond acceptors (Lipinski definition) is 4. The molecule has 0 fully saturated rings. The zero-order valence-corrected chi connectivity index (χ0v) is 13.0. The Balaban J connectivity index is 2.05. The van der Waals surface area contributed by atoms with Crippen LogP contribution in [-0.2, 0) is 4.79 Å². The maximum Gasteiger partial charge on any atom is 0.323 e. The van der Waals surface area contributed by atoms with Crippen LogP contribution >= 0.6 is 22.9 Å². The summed E-state index contributed by atoms with van der Waals surface area (Å²) in [6.07, 6.45) is 0. The Labute approximate surface area is 130 Å². The average Bonchev–Trinajstić information content (AvgIpc) is 2.79. The first-order chi connectivity index (χ1) is 9.86. The number of carbonyl (C=O) groups excluding carboxylic acids is 1. The molecule has 1 atom stereocenters. The molecule has 1 heterocycles. The zero-order chi connectivity index (χ0) is 15.6. The maximum absolute atomic E-state index is 12.0. The first kappa shape index (κ1) is 15.5. The van der Waals surface area contributed by atoms with Gasteiger partial charge in [0.2, 0.25) is 0 Å². The lowest BCUT2D eigenvalue weighted by atomic mass is 10.2. The second kappa shape index (κ2) is 6.28. The lowest BCUT2D eigenvalue weighted by Gasteiger charge is -2.19. The fourth-order valence-electron chi connectivity index (χ4n) is 1.71. The van der Waals surface area contributed by atoms with Crippen LogP contribution < -0.4 is 5.32 Å². The number of rotatable bonds is 4. The molecule has 0 aliphatic carbocycles. The smallest absolute Gasteiger partial charge is 0.323 e. The maximum atomic E-state index is 12.0. The monoisotopic (exact) mass is 327 g/mol. The van der Waals surface area contributed by atoms with Crippen LogP contribution in [0.5, 0.6) is 0 Å². The van der Waals surface area contributed by atoms with E-state index >= 15 is 0 Å². The summed E-state index contributed by atoms with van der Waals surface area (Å²) < 4.78 is 0.874. The number of nitrogens with zero attached hydrogens (tertiary/aromatic N) is 2. The number of aromatic nitrogens is 1. The van der Waals surface area contributed by atoms with Crippen LogP contribution in [0.3, 0.4) is 0 Å². The van der Waals surface area contributed by atoms with Crippen molar-refractivity contribution >= 4 is 50.3 Å². The van der Waals surface area contributed by atoms with Gasteiger partial charge >= 0.3 is 12.0 Å². The van der Waals surface area contributed by atoms with Gasteiger partial charge in [-0.05, 0) is 18.2 Å². The average molecular weight is 328 g/mol. The van der Waals surface area contributed by atoms with Crippen molar-refractivity contribution in [2.75, 3.05) is 18.9 Å². The number of carboxylic acids is 1. The summed E-state index contributed by atoms with van der Waals surface area (Å²) in [6.45, 7) is 1.67. The number of fused-ring (bicyclic) bond motifs is 1. The van der Waals surface area contributed by atoms with E-state index in [2.05, 4.69) is 10.3 Å². The van der Waals surface area contributed by atoms with Crippen molar-refractivity contribution in [1.82, 2.24) is 9.88 Å². The van der Waals surface area contributed by atoms with Crippen LogP contribution in [0.4, 0.5) is 9.93 Å². The van der Waals surface area contributed by atoms with Crippen molar-refractivity contribution in [3.63, 3.8) is 0 Å². The lowest BCUT2D eigenvalue weighted by Crippen LogP contribution is -2.36. The van der Waals surface area contributed by atoms with E-state index in [0.717, 1.165) is 10.2 Å². The second-order valence-electron chi connectivity index (χ2n) is 4.68. The van der Waals surface area contributed by atoms with E-state index in [-0.39, 0.29) is 6.54 Å². The molecule has 0 bridgehead atoms. The van der Waals surface area contributed by atoms with E-state index in [4.69, 9.17) is 16.7 Å². The molecular formula is C13H14ClN3O3S. The first-order valence-electron chi connectivity index (χ1n) is 6.18. The summed E-state index contributed by atoms with van der Waals surface area (Å²) in [7, 11) is 1.54. The Bertz CT molecular complexity index is 688. The molecule has 8 heteroatoms. The number of hydrogen-bond donors (Lipinski definition) is 2. The van der Waals surface area contributed by atoms with Crippen molar-refractivity contribution in [3.8, 4) is 0 Å². The molecular weight excluding hydrogens is 314 g/mol. The summed E-state index contributed by atoms with van der Waals surface area (Å²) in [5.41, 5.74) is 0.751. The first-order valence-corrected chi connectivity index (χ1v) is 7.37. The minimum atomic E-state index is -0.940. The van der Waals surface area contributed by atoms with Gasteiger partial charge in [0.05, 0.1) is 16.1 Å². The number of aliphatic carboxylic acids is 1. The van der Waals surface area contributed by atoms with Gasteiger partial charge in [0.1, 0.15) is 0 Å². The Hall–Kier alpha value is -1.86. The molecule has 0 saturated carbocycles. The molecule has 2 N–H and O–H groups in total. The normalized spacial score (nSPS) is 12.1. The third-order valence-electron chi connectivity index (χ3n) is 2.88. The number of carbonyl (C=O) groups is 2. The Morgan fingerprint density at radius 1 is 1.52 bits per heavy atom. The SMILES string of the molecule is CC(CN(C)C(=O)Nc1nc2ccc(Cl)cc2s1)C(=O)O. The number of benzene rings is 1. The number of nitrogens with one attached hydrogen (secondary N) is 1. The largest absolute Gasteiger partial charge is 0.481 e.